The maximum Gasteiger partial charge on any atom is 0.268 e. The van der Waals surface area contributed by atoms with Gasteiger partial charge >= 0.3 is 0 Å². The molecule has 0 spiro atoms. The molecule has 2 aromatic carbocycles. The van der Waals surface area contributed by atoms with Crippen LogP contribution in [-0.4, -0.2) is 23.0 Å². The van der Waals surface area contributed by atoms with Gasteiger partial charge in [0.25, 0.3) is 10.0 Å². The smallest absolute Gasteiger partial charge is 0.268 e. The van der Waals surface area contributed by atoms with Crippen molar-refractivity contribution in [1.29, 1.82) is 0 Å². The summed E-state index contributed by atoms with van der Waals surface area (Å²) in [5, 5.41) is 8.09. The van der Waals surface area contributed by atoms with E-state index in [1.165, 1.54) is 12.1 Å². The van der Waals surface area contributed by atoms with Gasteiger partial charge in [-0.3, -0.25) is 8.71 Å². The molecule has 4 rings (SSSR count). The third-order valence-electron chi connectivity index (χ3n) is 4.71. The van der Waals surface area contributed by atoms with Crippen LogP contribution in [0.1, 0.15) is 18.3 Å². The normalized spacial score (nSPS) is 11.7. The van der Waals surface area contributed by atoms with E-state index in [0.29, 0.717) is 17.8 Å². The van der Waals surface area contributed by atoms with E-state index in [4.69, 9.17) is 0 Å². The molecule has 0 atom stereocenters. The minimum atomic E-state index is -4.18. The van der Waals surface area contributed by atoms with Gasteiger partial charge in [0.2, 0.25) is 0 Å². The van der Waals surface area contributed by atoms with Crippen LogP contribution in [-0.2, 0) is 23.0 Å². The lowest BCUT2D eigenvalue weighted by Gasteiger charge is -2.25. The molecule has 0 fully saturated rings. The molecule has 0 saturated carbocycles. The molecule has 0 radical (unpaired) electrons. The number of pyridine rings is 1. The van der Waals surface area contributed by atoms with Crippen LogP contribution in [0.2, 0.25) is 0 Å². The number of nitrogens with zero attached hydrogens (tertiary/aromatic N) is 4. The Bertz CT molecular complexity index is 1310. The Hall–Kier alpha value is -3.33. The van der Waals surface area contributed by atoms with Crippen molar-refractivity contribution in [2.75, 3.05) is 4.31 Å². The number of fused-ring (bicyclic) bond motifs is 1. The number of aryl methyl sites for hydroxylation is 1. The molecule has 2 aromatic heterocycles. The largest absolute Gasteiger partial charge is 0.285 e. The van der Waals surface area contributed by atoms with E-state index in [1.54, 1.807) is 40.9 Å². The number of aromatic nitrogens is 3. The van der Waals surface area contributed by atoms with Crippen molar-refractivity contribution < 1.29 is 17.2 Å². The number of benzene rings is 2. The summed E-state index contributed by atoms with van der Waals surface area (Å²) in [5.74, 6) is -1.57. The van der Waals surface area contributed by atoms with Gasteiger partial charge in [0, 0.05) is 18.7 Å². The van der Waals surface area contributed by atoms with Gasteiger partial charge < -0.3 is 0 Å². The van der Waals surface area contributed by atoms with Crippen molar-refractivity contribution >= 4 is 21.4 Å². The highest BCUT2D eigenvalue weighted by Crippen LogP contribution is 2.29. The van der Waals surface area contributed by atoms with Crippen molar-refractivity contribution in [1.82, 2.24) is 14.6 Å². The minimum Gasteiger partial charge on any atom is -0.285 e. The van der Waals surface area contributed by atoms with Crippen LogP contribution in [0, 0.1) is 11.6 Å². The fourth-order valence-electron chi connectivity index (χ4n) is 3.20. The van der Waals surface area contributed by atoms with Gasteiger partial charge in [0.15, 0.2) is 17.3 Å². The highest BCUT2D eigenvalue weighted by atomic mass is 32.2. The number of hydrogen-bond donors (Lipinski definition) is 0. The van der Waals surface area contributed by atoms with Gasteiger partial charge in [0.1, 0.15) is 10.7 Å². The van der Waals surface area contributed by atoms with Gasteiger partial charge in [-0.15, -0.1) is 10.2 Å². The molecule has 0 unspecified atom stereocenters. The molecule has 0 amide bonds. The maximum atomic E-state index is 13.9. The van der Waals surface area contributed by atoms with E-state index in [2.05, 4.69) is 10.2 Å². The second-order valence-electron chi connectivity index (χ2n) is 6.63. The van der Waals surface area contributed by atoms with E-state index in [1.807, 2.05) is 13.0 Å². The SMILES string of the molecule is CCc1nnc2c(S(=O)(=O)N(Cc3ccccc3)c3ccc(F)c(F)c3)cccn12. The molecule has 0 aliphatic heterocycles. The minimum absolute atomic E-state index is 0.00925. The first-order valence-electron chi connectivity index (χ1n) is 9.26. The van der Waals surface area contributed by atoms with Crippen molar-refractivity contribution in [2.45, 2.75) is 24.8 Å². The van der Waals surface area contributed by atoms with Crippen LogP contribution < -0.4 is 4.31 Å². The Morgan fingerprint density at radius 1 is 0.967 bits per heavy atom. The second kappa shape index (κ2) is 7.83. The standard InChI is InChI=1S/C21H18F2N4O2S/c1-2-20-24-25-21-19(9-6-12-26(20)21)30(28,29)27(14-15-7-4-3-5-8-15)16-10-11-17(22)18(23)13-16/h3-13H,2,14H2,1H3. The molecule has 6 nitrogen and oxygen atoms in total. The topological polar surface area (TPSA) is 67.6 Å². The van der Waals surface area contributed by atoms with Gasteiger partial charge in [0.05, 0.1) is 12.2 Å². The van der Waals surface area contributed by atoms with Gasteiger partial charge in [-0.25, -0.2) is 17.2 Å². The number of hydrogen-bond acceptors (Lipinski definition) is 4. The average Bonchev–Trinajstić information content (AvgIpc) is 3.18. The van der Waals surface area contributed by atoms with Crippen LogP contribution in [0.15, 0.2) is 71.8 Å². The molecule has 0 saturated heterocycles. The molecule has 2 heterocycles. The summed E-state index contributed by atoms with van der Waals surface area (Å²) in [6, 6.07) is 14.9. The van der Waals surface area contributed by atoms with Crippen LogP contribution >= 0.6 is 0 Å². The van der Waals surface area contributed by atoms with E-state index >= 15 is 0 Å². The first-order chi connectivity index (χ1) is 14.4. The van der Waals surface area contributed by atoms with Gasteiger partial charge in [-0.05, 0) is 29.8 Å². The summed E-state index contributed by atoms with van der Waals surface area (Å²) in [6.07, 6.45) is 2.26. The van der Waals surface area contributed by atoms with Crippen LogP contribution in [0.3, 0.4) is 0 Å². The van der Waals surface area contributed by atoms with Crippen molar-refractivity contribution in [3.63, 3.8) is 0 Å². The van der Waals surface area contributed by atoms with E-state index in [9.17, 15) is 17.2 Å². The molecular formula is C21H18F2N4O2S. The number of anilines is 1. The first-order valence-corrected chi connectivity index (χ1v) is 10.7. The summed E-state index contributed by atoms with van der Waals surface area (Å²) in [4.78, 5) is -0.0714. The Morgan fingerprint density at radius 2 is 1.73 bits per heavy atom. The predicted octanol–water partition coefficient (Wildman–Crippen LogP) is 3.97. The Morgan fingerprint density at radius 3 is 2.43 bits per heavy atom. The van der Waals surface area contributed by atoms with E-state index < -0.39 is 21.7 Å². The Labute approximate surface area is 172 Å². The molecule has 9 heteroatoms. The van der Waals surface area contributed by atoms with E-state index in [0.717, 1.165) is 16.4 Å². The summed E-state index contributed by atoms with van der Waals surface area (Å²) in [6.45, 7) is 1.82. The fraction of sp³-hybridized carbons (Fsp3) is 0.143. The average molecular weight is 428 g/mol. The quantitative estimate of drug-likeness (QED) is 0.466. The molecular weight excluding hydrogens is 410 g/mol. The fourth-order valence-corrected chi connectivity index (χ4v) is 4.77. The summed E-state index contributed by atoms with van der Waals surface area (Å²) < 4.78 is 57.4. The van der Waals surface area contributed by atoms with Crippen LogP contribution in [0.4, 0.5) is 14.5 Å². The summed E-state index contributed by atoms with van der Waals surface area (Å²) in [7, 11) is -4.18. The van der Waals surface area contributed by atoms with Crippen molar-refractivity contribution in [3.8, 4) is 0 Å². The molecule has 30 heavy (non-hydrogen) atoms. The highest BCUT2D eigenvalue weighted by Gasteiger charge is 2.29. The lowest BCUT2D eigenvalue weighted by Crippen LogP contribution is -2.31. The van der Waals surface area contributed by atoms with Gasteiger partial charge in [-0.2, -0.15) is 0 Å². The number of sulfonamides is 1. The van der Waals surface area contributed by atoms with Crippen LogP contribution in [0.25, 0.3) is 5.65 Å². The van der Waals surface area contributed by atoms with Gasteiger partial charge in [-0.1, -0.05) is 37.3 Å². The second-order valence-corrected chi connectivity index (χ2v) is 8.46. The summed E-state index contributed by atoms with van der Waals surface area (Å²) in [5.41, 5.74) is 0.874. The lowest BCUT2D eigenvalue weighted by atomic mass is 10.2. The zero-order chi connectivity index (χ0) is 21.3. The molecule has 4 aromatic rings. The summed E-state index contributed by atoms with van der Waals surface area (Å²) >= 11 is 0. The Balaban J connectivity index is 1.89. The lowest BCUT2D eigenvalue weighted by molar-refractivity contribution is 0.508. The van der Waals surface area contributed by atoms with Crippen molar-refractivity contribution in [2.24, 2.45) is 0 Å². The van der Waals surface area contributed by atoms with Crippen LogP contribution in [0.5, 0.6) is 0 Å². The third kappa shape index (κ3) is 3.52. The Kier molecular flexibility index (Phi) is 5.21. The molecule has 0 bridgehead atoms. The molecule has 0 aliphatic carbocycles. The van der Waals surface area contributed by atoms with Crippen molar-refractivity contribution in [3.05, 3.63) is 89.9 Å². The maximum absolute atomic E-state index is 13.9. The highest BCUT2D eigenvalue weighted by molar-refractivity contribution is 7.93. The monoisotopic (exact) mass is 428 g/mol. The molecule has 0 N–H and O–H groups in total. The number of halogens is 2. The number of rotatable bonds is 6. The molecule has 0 aliphatic rings. The third-order valence-corrected chi connectivity index (χ3v) is 6.51. The predicted molar refractivity (Wildman–Crippen MR) is 109 cm³/mol. The first kappa shape index (κ1) is 20.0. The molecule has 154 valence electrons. The zero-order valence-electron chi connectivity index (χ0n) is 16.0. The zero-order valence-corrected chi connectivity index (χ0v) is 16.9. The van der Waals surface area contributed by atoms with E-state index in [-0.39, 0.29) is 22.8 Å².